The van der Waals surface area contributed by atoms with Crippen molar-refractivity contribution in [2.45, 2.75) is 33.6 Å². The Morgan fingerprint density at radius 2 is 1.73 bits per heavy atom. The van der Waals surface area contributed by atoms with Crippen molar-refractivity contribution in [3.63, 3.8) is 0 Å². The molecule has 2 aromatic carbocycles. The van der Waals surface area contributed by atoms with E-state index in [0.717, 1.165) is 28.1 Å². The fourth-order valence-electron chi connectivity index (χ4n) is 3.51. The van der Waals surface area contributed by atoms with Crippen LogP contribution in [0.4, 0.5) is 5.69 Å². The summed E-state index contributed by atoms with van der Waals surface area (Å²) in [5, 5.41) is 9.59. The summed E-state index contributed by atoms with van der Waals surface area (Å²) < 4.78 is 7.36. The molecule has 0 fully saturated rings. The molecule has 6 nitrogen and oxygen atoms in total. The van der Waals surface area contributed by atoms with Crippen LogP contribution in [0.1, 0.15) is 47.6 Å². The molecule has 4 aromatic rings. The van der Waals surface area contributed by atoms with Gasteiger partial charge in [-0.2, -0.15) is 9.78 Å². The normalized spacial score (nSPS) is 10.9. The number of esters is 1. The van der Waals surface area contributed by atoms with Gasteiger partial charge in [-0.1, -0.05) is 49.7 Å². The lowest BCUT2D eigenvalue weighted by atomic mass is 9.99. The first kappa shape index (κ1) is 22.5. The van der Waals surface area contributed by atoms with Crippen LogP contribution in [0.3, 0.4) is 0 Å². The van der Waals surface area contributed by atoms with Gasteiger partial charge < -0.3 is 10.1 Å². The van der Waals surface area contributed by atoms with Crippen LogP contribution in [-0.2, 0) is 4.79 Å². The van der Waals surface area contributed by atoms with Crippen molar-refractivity contribution in [1.82, 2.24) is 9.78 Å². The van der Waals surface area contributed by atoms with E-state index in [9.17, 15) is 9.59 Å². The number of nitrogens with one attached hydrogen (secondary N) is 1. The molecule has 168 valence electrons. The zero-order valence-corrected chi connectivity index (χ0v) is 19.8. The third-order valence-corrected chi connectivity index (χ3v) is 5.98. The van der Waals surface area contributed by atoms with Gasteiger partial charge in [0.05, 0.1) is 21.8 Å². The van der Waals surface area contributed by atoms with Crippen LogP contribution in [-0.4, -0.2) is 21.7 Å². The lowest BCUT2D eigenvalue weighted by molar-refractivity contribution is -0.132. The summed E-state index contributed by atoms with van der Waals surface area (Å²) in [5.74, 6) is -0.0855. The zero-order chi connectivity index (χ0) is 23.5. The van der Waals surface area contributed by atoms with Gasteiger partial charge in [0.2, 0.25) is 5.88 Å². The molecule has 0 spiro atoms. The lowest BCUT2D eigenvalue weighted by Crippen LogP contribution is -2.10. The third-order valence-electron chi connectivity index (χ3n) is 5.11. The van der Waals surface area contributed by atoms with Gasteiger partial charge in [-0.15, -0.1) is 11.3 Å². The first-order valence-electron chi connectivity index (χ1n) is 10.7. The number of amides is 1. The molecule has 0 unspecified atom stereocenters. The Morgan fingerprint density at radius 1 is 1.03 bits per heavy atom. The maximum atomic E-state index is 12.4. The van der Waals surface area contributed by atoms with Crippen molar-refractivity contribution in [2.24, 2.45) is 0 Å². The summed E-state index contributed by atoms with van der Waals surface area (Å²) in [6, 6.07) is 19.0. The Balaban J connectivity index is 1.76. The van der Waals surface area contributed by atoms with Gasteiger partial charge in [0.25, 0.3) is 5.91 Å². The number of anilines is 1. The molecule has 2 aromatic heterocycles. The monoisotopic (exact) mass is 459 g/mol. The predicted molar refractivity (Wildman–Crippen MR) is 131 cm³/mol. The van der Waals surface area contributed by atoms with Crippen LogP contribution >= 0.6 is 11.3 Å². The number of carbonyl (C=O) groups is 2. The van der Waals surface area contributed by atoms with Gasteiger partial charge in [-0.3, -0.25) is 9.59 Å². The Kier molecular flexibility index (Phi) is 6.42. The number of hydrogen-bond donors (Lipinski definition) is 1. The summed E-state index contributed by atoms with van der Waals surface area (Å²) in [6.07, 6.45) is 0. The van der Waals surface area contributed by atoms with E-state index in [-0.39, 0.29) is 11.8 Å². The van der Waals surface area contributed by atoms with Gasteiger partial charge >= 0.3 is 5.97 Å². The van der Waals surface area contributed by atoms with Crippen LogP contribution < -0.4 is 10.1 Å². The Morgan fingerprint density at radius 3 is 2.30 bits per heavy atom. The van der Waals surface area contributed by atoms with E-state index < -0.39 is 5.97 Å². The third kappa shape index (κ3) is 4.88. The quantitative estimate of drug-likeness (QED) is 0.348. The minimum absolute atomic E-state index is 0.0965. The van der Waals surface area contributed by atoms with E-state index in [1.54, 1.807) is 10.7 Å². The molecule has 1 amide bonds. The number of carbonyl (C=O) groups excluding carboxylic acids is 2. The smallest absolute Gasteiger partial charge is 0.309 e. The predicted octanol–water partition coefficient (Wildman–Crippen LogP) is 6.21. The molecular formula is C26H25N3O3S. The highest BCUT2D eigenvalue weighted by Gasteiger charge is 2.25. The van der Waals surface area contributed by atoms with Gasteiger partial charge in [-0.05, 0) is 54.1 Å². The number of rotatable bonds is 6. The van der Waals surface area contributed by atoms with E-state index in [1.165, 1.54) is 18.3 Å². The van der Waals surface area contributed by atoms with Crippen molar-refractivity contribution < 1.29 is 14.3 Å². The average Bonchev–Trinajstić information content (AvgIpc) is 3.43. The molecule has 0 atom stereocenters. The molecule has 0 aliphatic heterocycles. The minimum atomic E-state index is -0.417. The van der Waals surface area contributed by atoms with E-state index in [1.807, 2.05) is 66.9 Å². The zero-order valence-electron chi connectivity index (χ0n) is 19.0. The van der Waals surface area contributed by atoms with Crippen molar-refractivity contribution >= 4 is 28.9 Å². The van der Waals surface area contributed by atoms with Crippen molar-refractivity contribution in [1.29, 1.82) is 0 Å². The standard InChI is InChI=1S/C26H25N3O3S/c1-16(2)24-23(19-9-11-20(12-10-19)27-25(31)22-6-5-15-33-22)26(32-18(4)30)29(28-24)21-13-7-17(3)8-14-21/h5-16H,1-4H3,(H,27,31). The first-order chi connectivity index (χ1) is 15.8. The maximum Gasteiger partial charge on any atom is 0.309 e. The Hall–Kier alpha value is -3.71. The SMILES string of the molecule is CC(=O)Oc1c(-c2ccc(NC(=O)c3cccs3)cc2)c(C(C)C)nn1-c1ccc(C)cc1. The fraction of sp³-hybridized carbons (Fsp3) is 0.192. The maximum absolute atomic E-state index is 12.4. The summed E-state index contributed by atoms with van der Waals surface area (Å²) >= 11 is 1.39. The second-order valence-electron chi connectivity index (χ2n) is 8.07. The van der Waals surface area contributed by atoms with Crippen molar-refractivity contribution in [2.75, 3.05) is 5.32 Å². The van der Waals surface area contributed by atoms with Crippen LogP contribution in [0.15, 0.2) is 66.0 Å². The van der Waals surface area contributed by atoms with Crippen LogP contribution in [0, 0.1) is 6.92 Å². The van der Waals surface area contributed by atoms with E-state index in [4.69, 9.17) is 9.84 Å². The van der Waals surface area contributed by atoms with Crippen LogP contribution in [0.2, 0.25) is 0 Å². The van der Waals surface area contributed by atoms with Gasteiger partial charge in [0.1, 0.15) is 0 Å². The summed E-state index contributed by atoms with van der Waals surface area (Å²) in [7, 11) is 0. The second-order valence-corrected chi connectivity index (χ2v) is 9.02. The number of aromatic nitrogens is 2. The second kappa shape index (κ2) is 9.42. The molecule has 0 aliphatic rings. The average molecular weight is 460 g/mol. The van der Waals surface area contributed by atoms with E-state index in [0.29, 0.717) is 16.4 Å². The van der Waals surface area contributed by atoms with Crippen molar-refractivity contribution in [3.05, 3.63) is 82.2 Å². The molecule has 0 radical (unpaired) electrons. The van der Waals surface area contributed by atoms with Crippen molar-refractivity contribution in [3.8, 4) is 22.7 Å². The van der Waals surface area contributed by atoms with Gasteiger partial charge in [-0.25, -0.2) is 0 Å². The highest BCUT2D eigenvalue weighted by Crippen LogP contribution is 2.39. The molecule has 7 heteroatoms. The first-order valence-corrected chi connectivity index (χ1v) is 11.5. The Labute approximate surface area is 196 Å². The largest absolute Gasteiger partial charge is 0.407 e. The highest BCUT2D eigenvalue weighted by atomic mass is 32.1. The number of benzene rings is 2. The lowest BCUT2D eigenvalue weighted by Gasteiger charge is -2.11. The number of ether oxygens (including phenoxy) is 1. The molecule has 1 N–H and O–H groups in total. The van der Waals surface area contributed by atoms with E-state index in [2.05, 4.69) is 19.2 Å². The van der Waals surface area contributed by atoms with E-state index >= 15 is 0 Å². The van der Waals surface area contributed by atoms with Gasteiger partial charge in [0.15, 0.2) is 0 Å². The molecule has 2 heterocycles. The molecule has 4 rings (SSSR count). The van der Waals surface area contributed by atoms with Crippen LogP contribution in [0.5, 0.6) is 5.88 Å². The molecular weight excluding hydrogens is 434 g/mol. The number of nitrogens with zero attached hydrogens (tertiary/aromatic N) is 2. The molecule has 0 saturated carbocycles. The molecule has 0 bridgehead atoms. The summed E-state index contributed by atoms with van der Waals surface area (Å²) in [4.78, 5) is 25.0. The van der Waals surface area contributed by atoms with Crippen LogP contribution in [0.25, 0.3) is 16.8 Å². The molecule has 33 heavy (non-hydrogen) atoms. The topological polar surface area (TPSA) is 73.2 Å². The Bertz CT molecular complexity index is 1270. The minimum Gasteiger partial charge on any atom is -0.407 e. The molecule has 0 saturated heterocycles. The summed E-state index contributed by atoms with van der Waals surface area (Å²) in [5.41, 5.74) is 5.05. The van der Waals surface area contributed by atoms with Gasteiger partial charge in [0, 0.05) is 12.6 Å². The number of aryl methyl sites for hydroxylation is 1. The molecule has 0 aliphatic carbocycles. The number of hydrogen-bond acceptors (Lipinski definition) is 5. The highest BCUT2D eigenvalue weighted by molar-refractivity contribution is 7.12. The fourth-order valence-corrected chi connectivity index (χ4v) is 4.13. The summed E-state index contributed by atoms with van der Waals surface area (Å²) in [6.45, 7) is 7.51. The number of thiophene rings is 1.